The maximum Gasteiger partial charge on any atom is 0.242 e. The van der Waals surface area contributed by atoms with Gasteiger partial charge in [0.25, 0.3) is 0 Å². The lowest BCUT2D eigenvalue weighted by molar-refractivity contribution is 0.123. The number of hydrogen-bond acceptors (Lipinski definition) is 5. The van der Waals surface area contributed by atoms with Gasteiger partial charge in [-0.3, -0.25) is 0 Å². The second kappa shape index (κ2) is 6.67. The SMILES string of the molecule is CN(C)S(=O)(=O)c1ccc(N2CCOCC2)c(NCC2CC2)c1. The maximum absolute atomic E-state index is 12.4. The second-order valence-electron chi connectivity index (χ2n) is 6.39. The van der Waals surface area contributed by atoms with Crippen molar-refractivity contribution >= 4 is 21.4 Å². The minimum Gasteiger partial charge on any atom is -0.383 e. The molecule has 0 amide bonds. The van der Waals surface area contributed by atoms with Gasteiger partial charge in [-0.1, -0.05) is 0 Å². The number of morpholine rings is 1. The summed E-state index contributed by atoms with van der Waals surface area (Å²) in [5.74, 6) is 0.724. The second-order valence-corrected chi connectivity index (χ2v) is 8.54. The van der Waals surface area contributed by atoms with Crippen molar-refractivity contribution in [2.24, 2.45) is 5.92 Å². The monoisotopic (exact) mass is 339 g/mol. The zero-order chi connectivity index (χ0) is 16.4. The summed E-state index contributed by atoms with van der Waals surface area (Å²) in [4.78, 5) is 2.59. The fourth-order valence-corrected chi connectivity index (χ4v) is 3.61. The van der Waals surface area contributed by atoms with E-state index in [0.717, 1.165) is 36.9 Å². The summed E-state index contributed by atoms with van der Waals surface area (Å²) in [6.07, 6.45) is 2.52. The third-order valence-electron chi connectivity index (χ3n) is 4.38. The molecule has 23 heavy (non-hydrogen) atoms. The van der Waals surface area contributed by atoms with Gasteiger partial charge in [0.05, 0.1) is 29.5 Å². The van der Waals surface area contributed by atoms with E-state index in [9.17, 15) is 8.42 Å². The molecule has 0 spiro atoms. The van der Waals surface area contributed by atoms with Gasteiger partial charge in [-0.05, 0) is 37.0 Å². The summed E-state index contributed by atoms with van der Waals surface area (Å²) in [5, 5.41) is 3.46. The van der Waals surface area contributed by atoms with Crippen LogP contribution in [0.3, 0.4) is 0 Å². The quantitative estimate of drug-likeness (QED) is 0.853. The zero-order valence-corrected chi connectivity index (χ0v) is 14.6. The number of nitrogens with zero attached hydrogens (tertiary/aromatic N) is 2. The smallest absolute Gasteiger partial charge is 0.242 e. The van der Waals surface area contributed by atoms with E-state index in [1.54, 1.807) is 26.2 Å². The van der Waals surface area contributed by atoms with Crippen molar-refractivity contribution in [1.82, 2.24) is 4.31 Å². The summed E-state index contributed by atoms with van der Waals surface area (Å²) in [7, 11) is -0.304. The molecule has 1 aromatic rings. The molecular weight excluding hydrogens is 314 g/mol. The Morgan fingerprint density at radius 1 is 1.26 bits per heavy atom. The Morgan fingerprint density at radius 2 is 1.96 bits per heavy atom. The average molecular weight is 339 g/mol. The number of anilines is 2. The topological polar surface area (TPSA) is 61.9 Å². The van der Waals surface area contributed by atoms with E-state index in [-0.39, 0.29) is 0 Å². The molecule has 0 radical (unpaired) electrons. The van der Waals surface area contributed by atoms with Gasteiger partial charge in [0.1, 0.15) is 0 Å². The number of rotatable bonds is 6. The number of nitrogens with one attached hydrogen (secondary N) is 1. The zero-order valence-electron chi connectivity index (χ0n) is 13.8. The van der Waals surface area contributed by atoms with Crippen LogP contribution in [0.15, 0.2) is 23.1 Å². The Kier molecular flexibility index (Phi) is 4.79. The van der Waals surface area contributed by atoms with Gasteiger partial charge in [-0.15, -0.1) is 0 Å². The van der Waals surface area contributed by atoms with Crippen molar-refractivity contribution in [3.63, 3.8) is 0 Å². The summed E-state index contributed by atoms with van der Waals surface area (Å²) in [6.45, 7) is 3.98. The molecule has 2 fully saturated rings. The van der Waals surface area contributed by atoms with E-state index >= 15 is 0 Å². The van der Waals surface area contributed by atoms with E-state index in [4.69, 9.17) is 4.74 Å². The van der Waals surface area contributed by atoms with E-state index < -0.39 is 10.0 Å². The first-order chi connectivity index (χ1) is 11.0. The Labute approximate surface area is 138 Å². The molecule has 0 unspecified atom stereocenters. The van der Waals surface area contributed by atoms with Crippen LogP contribution in [-0.4, -0.2) is 59.7 Å². The molecule has 0 aromatic heterocycles. The van der Waals surface area contributed by atoms with Crippen LogP contribution in [0.1, 0.15) is 12.8 Å². The first-order valence-electron chi connectivity index (χ1n) is 8.11. The number of hydrogen-bond donors (Lipinski definition) is 1. The Morgan fingerprint density at radius 3 is 2.57 bits per heavy atom. The van der Waals surface area contributed by atoms with Crippen molar-refractivity contribution < 1.29 is 13.2 Å². The van der Waals surface area contributed by atoms with Crippen molar-refractivity contribution in [3.05, 3.63) is 18.2 Å². The lowest BCUT2D eigenvalue weighted by atomic mass is 10.2. The molecule has 0 atom stereocenters. The molecule has 1 heterocycles. The third kappa shape index (κ3) is 3.79. The van der Waals surface area contributed by atoms with E-state index in [0.29, 0.717) is 18.1 Å². The first kappa shape index (κ1) is 16.5. The van der Waals surface area contributed by atoms with Crippen LogP contribution in [0.2, 0.25) is 0 Å². The number of benzene rings is 1. The summed E-state index contributed by atoms with van der Waals surface area (Å²) in [5.41, 5.74) is 1.97. The summed E-state index contributed by atoms with van der Waals surface area (Å²) < 4.78 is 31.4. The minimum absolute atomic E-state index is 0.331. The molecule has 1 N–H and O–H groups in total. The largest absolute Gasteiger partial charge is 0.383 e. The Bertz CT molecular complexity index is 651. The fraction of sp³-hybridized carbons (Fsp3) is 0.625. The highest BCUT2D eigenvalue weighted by Crippen LogP contribution is 2.33. The van der Waals surface area contributed by atoms with Gasteiger partial charge < -0.3 is 15.0 Å². The highest BCUT2D eigenvalue weighted by molar-refractivity contribution is 7.89. The van der Waals surface area contributed by atoms with Gasteiger partial charge in [0.15, 0.2) is 0 Å². The van der Waals surface area contributed by atoms with E-state index in [1.165, 1.54) is 17.1 Å². The van der Waals surface area contributed by atoms with Gasteiger partial charge >= 0.3 is 0 Å². The third-order valence-corrected chi connectivity index (χ3v) is 6.19. The molecule has 2 aliphatic rings. The van der Waals surface area contributed by atoms with Crippen molar-refractivity contribution in [1.29, 1.82) is 0 Å². The molecule has 1 aliphatic heterocycles. The molecule has 1 saturated heterocycles. The maximum atomic E-state index is 12.4. The fourth-order valence-electron chi connectivity index (χ4n) is 2.68. The Hall–Kier alpha value is -1.31. The van der Waals surface area contributed by atoms with Gasteiger partial charge in [-0.25, -0.2) is 12.7 Å². The van der Waals surface area contributed by atoms with Crippen molar-refractivity contribution in [3.8, 4) is 0 Å². The van der Waals surface area contributed by atoms with Crippen LogP contribution in [0.4, 0.5) is 11.4 Å². The van der Waals surface area contributed by atoms with Crippen LogP contribution < -0.4 is 10.2 Å². The van der Waals surface area contributed by atoms with E-state index in [2.05, 4.69) is 10.2 Å². The molecule has 7 heteroatoms. The van der Waals surface area contributed by atoms with Crippen LogP contribution in [0.25, 0.3) is 0 Å². The highest BCUT2D eigenvalue weighted by Gasteiger charge is 2.24. The van der Waals surface area contributed by atoms with Gasteiger partial charge in [-0.2, -0.15) is 0 Å². The molecule has 128 valence electrons. The highest BCUT2D eigenvalue weighted by atomic mass is 32.2. The normalized spacial score (nSPS) is 19.2. The summed E-state index contributed by atoms with van der Waals surface area (Å²) >= 11 is 0. The lowest BCUT2D eigenvalue weighted by Crippen LogP contribution is -2.36. The van der Waals surface area contributed by atoms with Crippen molar-refractivity contribution in [2.75, 3.05) is 57.2 Å². The molecule has 0 bridgehead atoms. The molecule has 1 aliphatic carbocycles. The van der Waals surface area contributed by atoms with Crippen LogP contribution >= 0.6 is 0 Å². The first-order valence-corrected chi connectivity index (χ1v) is 9.55. The average Bonchev–Trinajstić information content (AvgIpc) is 3.37. The predicted molar refractivity (Wildman–Crippen MR) is 91.6 cm³/mol. The van der Waals surface area contributed by atoms with Gasteiger partial charge in [0, 0.05) is 33.7 Å². The van der Waals surface area contributed by atoms with Crippen LogP contribution in [0, 0.1) is 5.92 Å². The molecule has 1 aromatic carbocycles. The predicted octanol–water partition coefficient (Wildman–Crippen LogP) is 1.60. The molecule has 1 saturated carbocycles. The van der Waals surface area contributed by atoms with Gasteiger partial charge in [0.2, 0.25) is 10.0 Å². The van der Waals surface area contributed by atoms with E-state index in [1.807, 2.05) is 6.07 Å². The lowest BCUT2D eigenvalue weighted by Gasteiger charge is -2.31. The standard InChI is InChI=1S/C16H25N3O3S/c1-18(2)23(20,21)14-5-6-16(19-7-9-22-10-8-19)15(11-14)17-12-13-3-4-13/h5-6,11,13,17H,3-4,7-10,12H2,1-2H3. The van der Waals surface area contributed by atoms with Crippen LogP contribution in [-0.2, 0) is 14.8 Å². The number of sulfonamides is 1. The molecule has 6 nitrogen and oxygen atoms in total. The van der Waals surface area contributed by atoms with Crippen LogP contribution in [0.5, 0.6) is 0 Å². The molecular formula is C16H25N3O3S. The molecule has 3 rings (SSSR count). The van der Waals surface area contributed by atoms with Crippen molar-refractivity contribution in [2.45, 2.75) is 17.7 Å². The summed E-state index contributed by atoms with van der Waals surface area (Å²) in [6, 6.07) is 5.38. The Balaban J connectivity index is 1.90. The number of ether oxygens (including phenoxy) is 1. The minimum atomic E-state index is -3.42.